The number of hydrogen-bond donors (Lipinski definition) is 0. The van der Waals surface area contributed by atoms with Gasteiger partial charge in [-0.25, -0.2) is 4.98 Å². The lowest BCUT2D eigenvalue weighted by molar-refractivity contribution is 0.111. The van der Waals surface area contributed by atoms with Gasteiger partial charge in [-0.2, -0.15) is 0 Å². The van der Waals surface area contributed by atoms with E-state index in [1.54, 1.807) is 24.0 Å². The first-order valence-electron chi connectivity index (χ1n) is 4.21. The molecule has 0 amide bonds. The number of hydrogen-bond acceptors (Lipinski definition) is 3. The number of carbonyl (C=O) groups excluding carboxylic acids is 1. The van der Waals surface area contributed by atoms with Crippen LogP contribution in [0.1, 0.15) is 10.6 Å². The van der Waals surface area contributed by atoms with E-state index in [4.69, 9.17) is 0 Å². The van der Waals surface area contributed by atoms with Crippen molar-refractivity contribution in [2.24, 2.45) is 7.05 Å². The molecule has 4 heteroatoms. The Hall–Kier alpha value is -1.97. The zero-order chi connectivity index (χ0) is 9.97. The van der Waals surface area contributed by atoms with Gasteiger partial charge >= 0.3 is 0 Å². The van der Waals surface area contributed by atoms with Gasteiger partial charge in [0.05, 0.1) is 17.6 Å². The van der Waals surface area contributed by atoms with E-state index in [0.717, 1.165) is 17.7 Å². The largest absolute Gasteiger partial charge is 0.324 e. The number of rotatable bonds is 2. The Balaban J connectivity index is 2.53. The number of aldehydes is 1. The van der Waals surface area contributed by atoms with Crippen LogP contribution in [0.2, 0.25) is 0 Å². The molecule has 0 aliphatic rings. The van der Waals surface area contributed by atoms with Crippen molar-refractivity contribution >= 4 is 6.29 Å². The first-order chi connectivity index (χ1) is 6.83. The molecule has 0 saturated carbocycles. The van der Waals surface area contributed by atoms with Crippen LogP contribution in [0.4, 0.5) is 0 Å². The number of aromatic nitrogens is 3. The van der Waals surface area contributed by atoms with Crippen molar-refractivity contribution in [2.75, 3.05) is 0 Å². The van der Waals surface area contributed by atoms with E-state index in [-0.39, 0.29) is 0 Å². The molecule has 2 aromatic rings. The van der Waals surface area contributed by atoms with Crippen molar-refractivity contribution in [3.05, 3.63) is 36.4 Å². The number of pyridine rings is 1. The van der Waals surface area contributed by atoms with E-state index < -0.39 is 0 Å². The summed E-state index contributed by atoms with van der Waals surface area (Å²) < 4.78 is 1.72. The van der Waals surface area contributed by atoms with E-state index in [1.807, 2.05) is 18.2 Å². The highest BCUT2D eigenvalue weighted by molar-refractivity contribution is 5.72. The summed E-state index contributed by atoms with van der Waals surface area (Å²) in [6.07, 6.45) is 4.08. The second-order valence-corrected chi connectivity index (χ2v) is 2.89. The SMILES string of the molecule is Cn1c(-c2ccccn2)cnc1C=O. The molecule has 0 N–H and O–H groups in total. The second-order valence-electron chi connectivity index (χ2n) is 2.89. The summed E-state index contributed by atoms with van der Waals surface area (Å²) in [5.41, 5.74) is 1.66. The first kappa shape index (κ1) is 8.62. The highest BCUT2D eigenvalue weighted by atomic mass is 16.1. The Morgan fingerprint density at radius 2 is 2.21 bits per heavy atom. The minimum Gasteiger partial charge on any atom is -0.324 e. The Morgan fingerprint density at radius 1 is 1.36 bits per heavy atom. The Labute approximate surface area is 81.2 Å². The van der Waals surface area contributed by atoms with Crippen LogP contribution in [-0.2, 0) is 7.05 Å². The highest BCUT2D eigenvalue weighted by Gasteiger charge is 2.07. The molecule has 0 aromatic carbocycles. The van der Waals surface area contributed by atoms with Crippen LogP contribution >= 0.6 is 0 Å². The summed E-state index contributed by atoms with van der Waals surface area (Å²) in [5.74, 6) is 0.408. The quantitative estimate of drug-likeness (QED) is 0.665. The maximum absolute atomic E-state index is 10.6. The third-order valence-electron chi connectivity index (χ3n) is 2.06. The van der Waals surface area contributed by atoms with Gasteiger partial charge in [-0.3, -0.25) is 9.78 Å². The lowest BCUT2D eigenvalue weighted by Crippen LogP contribution is -1.98. The summed E-state index contributed by atoms with van der Waals surface area (Å²) in [6.45, 7) is 0. The van der Waals surface area contributed by atoms with Crippen LogP contribution in [0, 0.1) is 0 Å². The van der Waals surface area contributed by atoms with Gasteiger partial charge in [0.1, 0.15) is 0 Å². The monoisotopic (exact) mass is 187 g/mol. The summed E-state index contributed by atoms with van der Waals surface area (Å²) in [4.78, 5) is 18.7. The molecule has 0 bridgehead atoms. The molecule has 14 heavy (non-hydrogen) atoms. The van der Waals surface area contributed by atoms with Crippen LogP contribution in [0.5, 0.6) is 0 Å². The van der Waals surface area contributed by atoms with Gasteiger partial charge in [0.25, 0.3) is 0 Å². The van der Waals surface area contributed by atoms with Crippen molar-refractivity contribution in [2.45, 2.75) is 0 Å². The Kier molecular flexibility index (Phi) is 2.10. The van der Waals surface area contributed by atoms with Gasteiger partial charge < -0.3 is 4.57 Å². The zero-order valence-electron chi connectivity index (χ0n) is 7.71. The van der Waals surface area contributed by atoms with Crippen molar-refractivity contribution < 1.29 is 4.79 Å². The average Bonchev–Trinajstić information content (AvgIpc) is 2.61. The molecule has 4 nitrogen and oxygen atoms in total. The fourth-order valence-corrected chi connectivity index (χ4v) is 1.29. The van der Waals surface area contributed by atoms with Crippen molar-refractivity contribution in [3.8, 4) is 11.4 Å². The van der Waals surface area contributed by atoms with Gasteiger partial charge in [0.2, 0.25) is 0 Å². The second kappa shape index (κ2) is 3.41. The molecule has 0 fully saturated rings. The average molecular weight is 187 g/mol. The minimum atomic E-state index is 0.408. The zero-order valence-corrected chi connectivity index (χ0v) is 7.71. The molecule has 0 radical (unpaired) electrons. The molecular formula is C10H9N3O. The van der Waals surface area contributed by atoms with Crippen LogP contribution in [0.25, 0.3) is 11.4 Å². The fourth-order valence-electron chi connectivity index (χ4n) is 1.29. The number of carbonyl (C=O) groups is 1. The fraction of sp³-hybridized carbons (Fsp3) is 0.100. The van der Waals surface area contributed by atoms with Crippen LogP contribution < -0.4 is 0 Å². The third kappa shape index (κ3) is 1.31. The molecule has 2 rings (SSSR count). The van der Waals surface area contributed by atoms with Crippen molar-refractivity contribution in [1.29, 1.82) is 0 Å². The van der Waals surface area contributed by atoms with E-state index in [2.05, 4.69) is 9.97 Å². The number of imidazole rings is 1. The Bertz CT molecular complexity index is 448. The molecule has 0 aliphatic carbocycles. The molecule has 2 aromatic heterocycles. The standard InChI is InChI=1S/C10H9N3O/c1-13-9(6-12-10(13)7-14)8-4-2-3-5-11-8/h2-7H,1H3. The molecule has 2 heterocycles. The molecule has 0 saturated heterocycles. The lowest BCUT2D eigenvalue weighted by Gasteiger charge is -2.00. The number of nitrogens with zero attached hydrogens (tertiary/aromatic N) is 3. The lowest BCUT2D eigenvalue weighted by atomic mass is 10.3. The molecule has 70 valence electrons. The normalized spacial score (nSPS) is 10.1. The van der Waals surface area contributed by atoms with Gasteiger partial charge in [-0.15, -0.1) is 0 Å². The van der Waals surface area contributed by atoms with E-state index in [0.29, 0.717) is 5.82 Å². The summed E-state index contributed by atoms with van der Waals surface area (Å²) in [6, 6.07) is 5.63. The minimum absolute atomic E-state index is 0.408. The topological polar surface area (TPSA) is 47.8 Å². The van der Waals surface area contributed by atoms with Crippen molar-refractivity contribution in [3.63, 3.8) is 0 Å². The van der Waals surface area contributed by atoms with E-state index in [1.165, 1.54) is 0 Å². The molecule has 0 aliphatic heterocycles. The maximum Gasteiger partial charge on any atom is 0.185 e. The molecular weight excluding hydrogens is 178 g/mol. The smallest absolute Gasteiger partial charge is 0.185 e. The van der Waals surface area contributed by atoms with E-state index >= 15 is 0 Å². The van der Waals surface area contributed by atoms with Crippen molar-refractivity contribution in [1.82, 2.24) is 14.5 Å². The maximum atomic E-state index is 10.6. The van der Waals surface area contributed by atoms with Gasteiger partial charge in [0, 0.05) is 13.2 Å². The van der Waals surface area contributed by atoms with Gasteiger partial charge in [-0.1, -0.05) is 6.07 Å². The highest BCUT2D eigenvalue weighted by Crippen LogP contribution is 2.15. The summed E-state index contributed by atoms with van der Waals surface area (Å²) in [5, 5.41) is 0. The van der Waals surface area contributed by atoms with E-state index in [9.17, 15) is 4.79 Å². The van der Waals surface area contributed by atoms with Crippen LogP contribution in [0.3, 0.4) is 0 Å². The summed E-state index contributed by atoms with van der Waals surface area (Å²) >= 11 is 0. The summed E-state index contributed by atoms with van der Waals surface area (Å²) in [7, 11) is 1.79. The molecule has 0 spiro atoms. The predicted molar refractivity (Wildman–Crippen MR) is 51.8 cm³/mol. The van der Waals surface area contributed by atoms with Gasteiger partial charge in [0.15, 0.2) is 12.1 Å². The first-order valence-corrected chi connectivity index (χ1v) is 4.21. The molecule has 0 unspecified atom stereocenters. The third-order valence-corrected chi connectivity index (χ3v) is 2.06. The molecule has 0 atom stereocenters. The predicted octanol–water partition coefficient (Wildman–Crippen LogP) is 1.29. The van der Waals surface area contributed by atoms with Gasteiger partial charge in [-0.05, 0) is 12.1 Å². The van der Waals surface area contributed by atoms with Crippen LogP contribution in [0.15, 0.2) is 30.6 Å². The Morgan fingerprint density at radius 3 is 2.79 bits per heavy atom. The van der Waals surface area contributed by atoms with Crippen LogP contribution in [-0.4, -0.2) is 20.8 Å².